The maximum Gasteiger partial charge on any atom is 0.213 e. The van der Waals surface area contributed by atoms with E-state index in [2.05, 4.69) is 15.1 Å². The predicted molar refractivity (Wildman–Crippen MR) is 101 cm³/mol. The van der Waals surface area contributed by atoms with Crippen LogP contribution < -0.4 is 5.73 Å². The molecular formula is C19H17ClFN5. The van der Waals surface area contributed by atoms with Crippen LogP contribution in [0.3, 0.4) is 0 Å². The van der Waals surface area contributed by atoms with Crippen molar-refractivity contribution in [3.8, 4) is 5.69 Å². The molecule has 0 aliphatic carbocycles. The van der Waals surface area contributed by atoms with Gasteiger partial charge in [0.05, 0.1) is 29.1 Å². The van der Waals surface area contributed by atoms with Crippen molar-refractivity contribution in [3.05, 3.63) is 84.3 Å². The highest BCUT2D eigenvalue weighted by Gasteiger charge is 2.17. The van der Waals surface area contributed by atoms with Gasteiger partial charge in [0.2, 0.25) is 5.95 Å². The van der Waals surface area contributed by atoms with Crippen LogP contribution >= 0.6 is 12.4 Å². The van der Waals surface area contributed by atoms with Gasteiger partial charge in [-0.1, -0.05) is 24.3 Å². The molecule has 0 radical (unpaired) electrons. The first-order chi connectivity index (χ1) is 12.2. The van der Waals surface area contributed by atoms with Gasteiger partial charge in [0.1, 0.15) is 0 Å². The normalized spacial score (nSPS) is 11.9. The first-order valence-corrected chi connectivity index (χ1v) is 7.97. The van der Waals surface area contributed by atoms with Crippen molar-refractivity contribution in [3.63, 3.8) is 0 Å². The van der Waals surface area contributed by atoms with Crippen molar-refractivity contribution >= 4 is 23.3 Å². The second-order valence-electron chi connectivity index (χ2n) is 5.79. The fourth-order valence-electron chi connectivity index (χ4n) is 2.92. The Kier molecular flexibility index (Phi) is 5.25. The van der Waals surface area contributed by atoms with Crippen LogP contribution in [0.5, 0.6) is 0 Å². The highest BCUT2D eigenvalue weighted by atomic mass is 35.5. The van der Waals surface area contributed by atoms with Crippen LogP contribution in [-0.4, -0.2) is 19.7 Å². The lowest BCUT2D eigenvalue weighted by atomic mass is 10.1. The molecule has 4 aromatic rings. The standard InChI is InChI=1S/C19H16FN5.ClH/c20-18-9-3-6-14(24-18)11-15(21)19-17(8-4-10-22-19)25-16-7-2-1-5-13(16)12-23-25;/h1-10,12,15H,11,21H2;1H. The Morgan fingerprint density at radius 3 is 2.73 bits per heavy atom. The van der Waals surface area contributed by atoms with Gasteiger partial charge >= 0.3 is 0 Å². The van der Waals surface area contributed by atoms with Crippen molar-refractivity contribution in [1.82, 2.24) is 19.7 Å². The number of benzene rings is 1. The second-order valence-corrected chi connectivity index (χ2v) is 5.79. The van der Waals surface area contributed by atoms with Gasteiger partial charge in [0, 0.05) is 23.7 Å². The van der Waals surface area contributed by atoms with Crippen molar-refractivity contribution in [1.29, 1.82) is 0 Å². The van der Waals surface area contributed by atoms with E-state index in [1.54, 1.807) is 18.3 Å². The highest BCUT2D eigenvalue weighted by molar-refractivity contribution is 5.85. The molecule has 0 fully saturated rings. The molecule has 1 atom stereocenters. The molecule has 5 nitrogen and oxygen atoms in total. The molecule has 3 heterocycles. The maximum absolute atomic E-state index is 13.3. The molecule has 26 heavy (non-hydrogen) atoms. The monoisotopic (exact) mass is 369 g/mol. The van der Waals surface area contributed by atoms with Crippen LogP contribution in [0.1, 0.15) is 17.4 Å². The summed E-state index contributed by atoms with van der Waals surface area (Å²) in [5.74, 6) is -0.510. The Morgan fingerprint density at radius 1 is 1.04 bits per heavy atom. The molecule has 1 aromatic carbocycles. The van der Waals surface area contributed by atoms with E-state index >= 15 is 0 Å². The van der Waals surface area contributed by atoms with E-state index in [-0.39, 0.29) is 12.4 Å². The van der Waals surface area contributed by atoms with Gasteiger partial charge in [0.25, 0.3) is 0 Å². The van der Waals surface area contributed by atoms with Crippen molar-refractivity contribution in [2.24, 2.45) is 5.73 Å². The van der Waals surface area contributed by atoms with Gasteiger partial charge in [-0.25, -0.2) is 9.67 Å². The molecule has 7 heteroatoms. The zero-order chi connectivity index (χ0) is 17.2. The summed E-state index contributed by atoms with van der Waals surface area (Å²) in [7, 11) is 0. The Morgan fingerprint density at radius 2 is 1.88 bits per heavy atom. The van der Waals surface area contributed by atoms with E-state index in [0.717, 1.165) is 16.6 Å². The molecule has 1 unspecified atom stereocenters. The average Bonchev–Trinajstić information content (AvgIpc) is 3.06. The molecule has 0 spiro atoms. The summed E-state index contributed by atoms with van der Waals surface area (Å²) in [5.41, 5.74) is 9.44. The fraction of sp³-hybridized carbons (Fsp3) is 0.105. The number of halogens is 2. The molecule has 0 saturated heterocycles. The molecular weight excluding hydrogens is 353 g/mol. The van der Waals surface area contributed by atoms with E-state index < -0.39 is 12.0 Å². The lowest BCUT2D eigenvalue weighted by molar-refractivity contribution is 0.568. The Balaban J connectivity index is 0.00000196. The van der Waals surface area contributed by atoms with E-state index in [1.807, 2.05) is 47.3 Å². The van der Waals surface area contributed by atoms with Crippen molar-refractivity contribution < 1.29 is 4.39 Å². The summed E-state index contributed by atoms with van der Waals surface area (Å²) < 4.78 is 15.1. The number of fused-ring (bicyclic) bond motifs is 1. The molecule has 2 N–H and O–H groups in total. The predicted octanol–water partition coefficient (Wildman–Crippen LogP) is 3.62. The number of aromatic nitrogens is 4. The number of nitrogens with zero attached hydrogens (tertiary/aromatic N) is 4. The van der Waals surface area contributed by atoms with Crippen LogP contribution in [0, 0.1) is 5.95 Å². The number of pyridine rings is 2. The van der Waals surface area contributed by atoms with E-state index in [1.165, 1.54) is 6.07 Å². The van der Waals surface area contributed by atoms with Crippen LogP contribution in [0.15, 0.2) is 67.0 Å². The molecule has 3 aromatic heterocycles. The summed E-state index contributed by atoms with van der Waals surface area (Å²) in [6, 6.07) is 16.0. The van der Waals surface area contributed by atoms with Gasteiger partial charge in [-0.15, -0.1) is 12.4 Å². The minimum absolute atomic E-state index is 0. The van der Waals surface area contributed by atoms with E-state index in [4.69, 9.17) is 5.73 Å². The molecule has 0 amide bonds. The molecule has 0 aliphatic heterocycles. The molecule has 0 bridgehead atoms. The summed E-state index contributed by atoms with van der Waals surface area (Å²) in [4.78, 5) is 8.34. The second kappa shape index (κ2) is 7.59. The topological polar surface area (TPSA) is 69.6 Å². The van der Waals surface area contributed by atoms with Crippen LogP contribution in [0.25, 0.3) is 16.6 Å². The van der Waals surface area contributed by atoms with Crippen molar-refractivity contribution in [2.45, 2.75) is 12.5 Å². The third-order valence-corrected chi connectivity index (χ3v) is 4.07. The number of nitrogens with two attached hydrogens (primary N) is 1. The van der Waals surface area contributed by atoms with Gasteiger partial charge in [0.15, 0.2) is 0 Å². The zero-order valence-corrected chi connectivity index (χ0v) is 14.6. The molecule has 4 rings (SSSR count). The van der Waals surface area contributed by atoms with Crippen LogP contribution in [0.2, 0.25) is 0 Å². The SMILES string of the molecule is Cl.NC(Cc1cccc(F)n1)c1ncccc1-n1ncc2ccccc21. The van der Waals surface area contributed by atoms with Crippen LogP contribution in [-0.2, 0) is 6.42 Å². The summed E-state index contributed by atoms with van der Waals surface area (Å²) >= 11 is 0. The van der Waals surface area contributed by atoms with Crippen molar-refractivity contribution in [2.75, 3.05) is 0 Å². The third kappa shape index (κ3) is 3.42. The smallest absolute Gasteiger partial charge is 0.213 e. The lowest BCUT2D eigenvalue weighted by Gasteiger charge is -2.15. The average molecular weight is 370 g/mol. The summed E-state index contributed by atoms with van der Waals surface area (Å²) in [6.07, 6.45) is 3.90. The van der Waals surface area contributed by atoms with Crippen LogP contribution in [0.4, 0.5) is 4.39 Å². The fourth-order valence-corrected chi connectivity index (χ4v) is 2.92. The molecule has 132 valence electrons. The molecule has 0 saturated carbocycles. The summed E-state index contributed by atoms with van der Waals surface area (Å²) in [6.45, 7) is 0. The Bertz CT molecular complexity index is 1030. The largest absolute Gasteiger partial charge is 0.322 e. The lowest BCUT2D eigenvalue weighted by Crippen LogP contribution is -2.18. The number of hydrogen-bond donors (Lipinski definition) is 1. The minimum atomic E-state index is -0.510. The van der Waals surface area contributed by atoms with E-state index in [0.29, 0.717) is 17.8 Å². The summed E-state index contributed by atoms with van der Waals surface area (Å²) in [5, 5.41) is 5.51. The van der Waals surface area contributed by atoms with Gasteiger partial charge in [-0.3, -0.25) is 4.98 Å². The highest BCUT2D eigenvalue weighted by Crippen LogP contribution is 2.24. The molecule has 0 aliphatic rings. The van der Waals surface area contributed by atoms with Gasteiger partial charge in [-0.2, -0.15) is 9.49 Å². The Hall–Kier alpha value is -2.83. The first-order valence-electron chi connectivity index (χ1n) is 7.97. The number of para-hydroxylation sites is 1. The third-order valence-electron chi connectivity index (χ3n) is 4.07. The van der Waals surface area contributed by atoms with Gasteiger partial charge < -0.3 is 5.73 Å². The number of hydrogen-bond acceptors (Lipinski definition) is 4. The minimum Gasteiger partial charge on any atom is -0.322 e. The zero-order valence-electron chi connectivity index (χ0n) is 13.8. The quantitative estimate of drug-likeness (QED) is 0.558. The maximum atomic E-state index is 13.3. The number of rotatable bonds is 4. The Labute approximate surface area is 156 Å². The first kappa shape index (κ1) is 18.0. The van der Waals surface area contributed by atoms with Gasteiger partial charge in [-0.05, 0) is 30.3 Å². The van der Waals surface area contributed by atoms with E-state index in [9.17, 15) is 4.39 Å².